The second-order valence-corrected chi connectivity index (χ2v) is 5.38. The molecule has 0 saturated heterocycles. The average Bonchev–Trinajstić information content (AvgIpc) is 2.14. The van der Waals surface area contributed by atoms with Crippen molar-refractivity contribution in [2.24, 2.45) is 22.7 Å². The monoisotopic (exact) mass is 190 g/mol. The summed E-state index contributed by atoms with van der Waals surface area (Å²) in [5.41, 5.74) is -0.469. The molecule has 0 aliphatic heterocycles. The summed E-state index contributed by atoms with van der Waals surface area (Å²) in [6, 6.07) is 0. The third kappa shape index (κ3) is 0.930. The van der Waals surface area contributed by atoms with Gasteiger partial charge in [-0.15, -0.1) is 6.58 Å². The highest BCUT2D eigenvalue weighted by atomic mass is 16.1. The van der Waals surface area contributed by atoms with E-state index in [2.05, 4.69) is 39.5 Å². The number of allylic oxidation sites excluding steroid dienone is 3. The molecule has 0 radical (unpaired) electrons. The molecule has 1 nitrogen and oxygen atoms in total. The Kier molecular flexibility index (Phi) is 1.79. The lowest BCUT2D eigenvalue weighted by molar-refractivity contribution is -0.144. The Bertz CT molecular complexity index is 324. The molecule has 0 aromatic rings. The molecule has 3 aliphatic rings. The third-order valence-corrected chi connectivity index (χ3v) is 4.24. The Morgan fingerprint density at radius 1 is 1.50 bits per heavy atom. The zero-order chi connectivity index (χ0) is 10.6. The van der Waals surface area contributed by atoms with Crippen molar-refractivity contribution in [2.75, 3.05) is 0 Å². The smallest absolute Gasteiger partial charge is 0.149 e. The molecule has 3 aliphatic carbocycles. The van der Waals surface area contributed by atoms with Gasteiger partial charge in [0.1, 0.15) is 5.78 Å². The highest BCUT2D eigenvalue weighted by Gasteiger charge is 2.55. The fourth-order valence-electron chi connectivity index (χ4n) is 3.02. The van der Waals surface area contributed by atoms with Crippen molar-refractivity contribution in [3.63, 3.8) is 0 Å². The average molecular weight is 190 g/mol. The molecule has 1 heteroatoms. The normalized spacial score (nSPS) is 44.1. The number of hydrogen-bond donors (Lipinski definition) is 0. The van der Waals surface area contributed by atoms with Crippen LogP contribution in [0.1, 0.15) is 27.2 Å². The van der Waals surface area contributed by atoms with Crippen LogP contribution in [0.2, 0.25) is 0 Å². The number of rotatable bonds is 1. The van der Waals surface area contributed by atoms with Gasteiger partial charge in [-0.2, -0.15) is 0 Å². The molecule has 3 atom stereocenters. The van der Waals surface area contributed by atoms with Gasteiger partial charge in [0, 0.05) is 5.41 Å². The van der Waals surface area contributed by atoms with Gasteiger partial charge in [-0.3, -0.25) is 4.79 Å². The molecule has 0 amide bonds. The van der Waals surface area contributed by atoms with Gasteiger partial charge in [-0.25, -0.2) is 0 Å². The topological polar surface area (TPSA) is 17.1 Å². The van der Waals surface area contributed by atoms with Crippen LogP contribution < -0.4 is 0 Å². The van der Waals surface area contributed by atoms with Crippen molar-refractivity contribution in [3.05, 3.63) is 24.8 Å². The Balaban J connectivity index is 2.52. The summed E-state index contributed by atoms with van der Waals surface area (Å²) in [6.07, 6.45) is 7.35. The molecular formula is C13H18O. The van der Waals surface area contributed by atoms with Crippen LogP contribution in [0.25, 0.3) is 0 Å². The second kappa shape index (κ2) is 2.59. The van der Waals surface area contributed by atoms with E-state index in [-0.39, 0.29) is 10.8 Å². The van der Waals surface area contributed by atoms with Crippen LogP contribution in [-0.2, 0) is 4.79 Å². The fourth-order valence-corrected chi connectivity index (χ4v) is 3.02. The lowest BCUT2D eigenvalue weighted by Crippen LogP contribution is -2.53. The first-order valence-electron chi connectivity index (χ1n) is 5.29. The maximum absolute atomic E-state index is 12.3. The van der Waals surface area contributed by atoms with Gasteiger partial charge >= 0.3 is 0 Å². The van der Waals surface area contributed by atoms with Crippen LogP contribution in [0.15, 0.2) is 24.8 Å². The summed E-state index contributed by atoms with van der Waals surface area (Å²) >= 11 is 0. The van der Waals surface area contributed by atoms with Gasteiger partial charge in [-0.05, 0) is 25.2 Å². The molecule has 1 fully saturated rings. The van der Waals surface area contributed by atoms with Crippen molar-refractivity contribution < 1.29 is 4.79 Å². The van der Waals surface area contributed by atoms with E-state index in [1.54, 1.807) is 0 Å². The number of carbonyl (C=O) groups is 1. The molecular weight excluding hydrogens is 172 g/mol. The minimum absolute atomic E-state index is 0.178. The standard InChI is InChI=1S/C13H18O/c1-5-9-8-10-6-7-13(9,4)11(14)12(10,2)3/h5-7,9-10H,1,8H2,2-4H3/t9-,10+,13-/m0/s1. The summed E-state index contributed by atoms with van der Waals surface area (Å²) in [4.78, 5) is 12.3. The molecule has 76 valence electrons. The number of hydrogen-bond acceptors (Lipinski definition) is 1. The van der Waals surface area contributed by atoms with E-state index >= 15 is 0 Å². The van der Waals surface area contributed by atoms with Gasteiger partial charge in [-0.1, -0.05) is 32.1 Å². The van der Waals surface area contributed by atoms with E-state index in [1.165, 1.54) is 0 Å². The Labute approximate surface area is 85.9 Å². The van der Waals surface area contributed by atoms with Crippen molar-refractivity contribution in [1.29, 1.82) is 0 Å². The Morgan fingerprint density at radius 3 is 2.71 bits per heavy atom. The number of ketones is 1. The molecule has 0 aromatic carbocycles. The number of fused-ring (bicyclic) bond motifs is 2. The van der Waals surface area contributed by atoms with Gasteiger partial charge < -0.3 is 0 Å². The SMILES string of the molecule is C=C[C@H]1C[C@H]2C=C[C@]1(C)C(=O)C2(C)C. The zero-order valence-corrected chi connectivity index (χ0v) is 9.21. The quantitative estimate of drug-likeness (QED) is 0.581. The first-order valence-corrected chi connectivity index (χ1v) is 5.29. The van der Waals surface area contributed by atoms with Gasteiger partial charge in [0.05, 0.1) is 5.41 Å². The summed E-state index contributed by atoms with van der Waals surface area (Å²) in [7, 11) is 0. The van der Waals surface area contributed by atoms with Crippen molar-refractivity contribution >= 4 is 5.78 Å². The minimum Gasteiger partial charge on any atom is -0.298 e. The first-order chi connectivity index (χ1) is 6.43. The van der Waals surface area contributed by atoms with Gasteiger partial charge in [0.15, 0.2) is 0 Å². The lowest BCUT2D eigenvalue weighted by Gasteiger charge is -2.52. The molecule has 0 unspecified atom stereocenters. The molecule has 0 spiro atoms. The lowest BCUT2D eigenvalue weighted by atomic mass is 9.50. The highest BCUT2D eigenvalue weighted by Crippen LogP contribution is 2.55. The molecule has 0 heterocycles. The summed E-state index contributed by atoms with van der Waals surface area (Å²) < 4.78 is 0. The van der Waals surface area contributed by atoms with E-state index in [0.717, 1.165) is 6.42 Å². The number of carbonyl (C=O) groups excluding carboxylic acids is 1. The van der Waals surface area contributed by atoms with Crippen LogP contribution in [0.3, 0.4) is 0 Å². The van der Waals surface area contributed by atoms with Crippen molar-refractivity contribution in [1.82, 2.24) is 0 Å². The zero-order valence-electron chi connectivity index (χ0n) is 9.21. The van der Waals surface area contributed by atoms with Crippen LogP contribution in [-0.4, -0.2) is 5.78 Å². The maximum atomic E-state index is 12.3. The molecule has 1 saturated carbocycles. The highest BCUT2D eigenvalue weighted by molar-refractivity contribution is 5.94. The van der Waals surface area contributed by atoms with E-state index < -0.39 is 0 Å². The largest absolute Gasteiger partial charge is 0.298 e. The van der Waals surface area contributed by atoms with Crippen molar-refractivity contribution in [2.45, 2.75) is 27.2 Å². The van der Waals surface area contributed by atoms with Crippen molar-refractivity contribution in [3.8, 4) is 0 Å². The van der Waals surface area contributed by atoms with Crippen LogP contribution in [0.4, 0.5) is 0 Å². The molecule has 0 N–H and O–H groups in total. The molecule has 14 heavy (non-hydrogen) atoms. The predicted molar refractivity (Wildman–Crippen MR) is 57.8 cm³/mol. The maximum Gasteiger partial charge on any atom is 0.149 e. The second-order valence-electron chi connectivity index (χ2n) is 5.38. The predicted octanol–water partition coefficient (Wildman–Crippen LogP) is 2.98. The van der Waals surface area contributed by atoms with E-state index in [1.807, 2.05) is 6.08 Å². The molecule has 2 bridgehead atoms. The van der Waals surface area contributed by atoms with E-state index in [4.69, 9.17) is 0 Å². The first kappa shape index (κ1) is 9.70. The minimum atomic E-state index is -0.292. The van der Waals surface area contributed by atoms with Crippen LogP contribution >= 0.6 is 0 Å². The fraction of sp³-hybridized carbons (Fsp3) is 0.615. The summed E-state index contributed by atoms with van der Waals surface area (Å²) in [5.74, 6) is 1.12. The van der Waals surface area contributed by atoms with Gasteiger partial charge in [0.2, 0.25) is 0 Å². The number of Topliss-reactive ketones (excluding diaryl/α,β-unsaturated/α-hetero) is 1. The molecule has 3 rings (SSSR count). The van der Waals surface area contributed by atoms with E-state index in [0.29, 0.717) is 17.6 Å². The van der Waals surface area contributed by atoms with E-state index in [9.17, 15) is 4.79 Å². The Morgan fingerprint density at radius 2 is 2.14 bits per heavy atom. The summed E-state index contributed by atoms with van der Waals surface area (Å²) in [6.45, 7) is 10.0. The van der Waals surface area contributed by atoms with Gasteiger partial charge in [0.25, 0.3) is 0 Å². The molecule has 0 aromatic heterocycles. The van der Waals surface area contributed by atoms with Crippen LogP contribution in [0.5, 0.6) is 0 Å². The summed E-state index contributed by atoms with van der Waals surface area (Å²) in [5, 5.41) is 0. The Hall–Kier alpha value is -0.850. The third-order valence-electron chi connectivity index (χ3n) is 4.24. The van der Waals surface area contributed by atoms with Crippen LogP contribution in [0, 0.1) is 22.7 Å².